The number of sulfone groups is 1. The van der Waals surface area contributed by atoms with E-state index in [2.05, 4.69) is 5.32 Å². The molecule has 1 saturated carbocycles. The monoisotopic (exact) mass is 298 g/mol. The Balaban J connectivity index is 2.18. The molecule has 0 bridgehead atoms. The largest absolute Gasteiger partial charge is 0.506 e. The van der Waals surface area contributed by atoms with Crippen LogP contribution >= 0.6 is 0 Å². The molecule has 110 valence electrons. The minimum atomic E-state index is -3.39. The van der Waals surface area contributed by atoms with E-state index in [1.165, 1.54) is 18.2 Å². The van der Waals surface area contributed by atoms with E-state index in [9.17, 15) is 18.3 Å². The van der Waals surface area contributed by atoms with Crippen LogP contribution in [0.5, 0.6) is 5.75 Å². The van der Waals surface area contributed by atoms with Crippen LogP contribution in [-0.4, -0.2) is 31.7 Å². The van der Waals surface area contributed by atoms with Gasteiger partial charge in [0.2, 0.25) is 5.91 Å². The number of phenols is 1. The number of nitrogens with one attached hydrogen (secondary N) is 1. The number of phenolic OH excluding ortho intramolecular Hbond substituents is 1. The Labute approximate surface area is 117 Å². The maximum atomic E-state index is 12.0. The predicted octanol–water partition coefficient (Wildman–Crippen LogP) is 0.862. The second-order valence-electron chi connectivity index (χ2n) is 5.21. The summed E-state index contributed by atoms with van der Waals surface area (Å²) in [5.74, 6) is -0.585. The fourth-order valence-corrected chi connectivity index (χ4v) is 2.98. The van der Waals surface area contributed by atoms with Crippen molar-refractivity contribution in [3.63, 3.8) is 0 Å². The molecule has 1 aliphatic rings. The lowest BCUT2D eigenvalue weighted by Crippen LogP contribution is -2.23. The number of carbonyl (C=O) groups is 1. The highest BCUT2D eigenvalue weighted by molar-refractivity contribution is 7.90. The first-order valence-electron chi connectivity index (χ1n) is 6.37. The molecule has 1 aliphatic carbocycles. The molecule has 6 nitrogen and oxygen atoms in total. The van der Waals surface area contributed by atoms with Crippen LogP contribution < -0.4 is 11.1 Å². The maximum Gasteiger partial charge on any atom is 0.227 e. The topological polar surface area (TPSA) is 109 Å². The minimum absolute atomic E-state index is 0.0294. The zero-order valence-electron chi connectivity index (χ0n) is 11.2. The summed E-state index contributed by atoms with van der Waals surface area (Å²) in [5, 5.41) is 12.3. The minimum Gasteiger partial charge on any atom is -0.506 e. The summed E-state index contributed by atoms with van der Waals surface area (Å²) >= 11 is 0. The molecule has 0 aromatic heterocycles. The Morgan fingerprint density at radius 1 is 1.40 bits per heavy atom. The molecule has 1 amide bonds. The molecule has 4 N–H and O–H groups in total. The number of rotatable bonds is 3. The highest BCUT2D eigenvalue weighted by atomic mass is 32.2. The number of nitrogens with two attached hydrogens (primary N) is 1. The first-order valence-corrected chi connectivity index (χ1v) is 8.26. The molecule has 0 saturated heterocycles. The van der Waals surface area contributed by atoms with Crippen molar-refractivity contribution in [2.45, 2.75) is 30.2 Å². The van der Waals surface area contributed by atoms with Crippen LogP contribution in [0.1, 0.15) is 19.3 Å². The summed E-state index contributed by atoms with van der Waals surface area (Å²) in [4.78, 5) is 12.1. The van der Waals surface area contributed by atoms with Crippen molar-refractivity contribution in [2.24, 2.45) is 11.7 Å². The zero-order chi connectivity index (χ0) is 14.9. The van der Waals surface area contributed by atoms with Gasteiger partial charge in [-0.1, -0.05) is 0 Å². The Bertz CT molecular complexity index is 627. The summed E-state index contributed by atoms with van der Waals surface area (Å²) in [6.07, 6.45) is 3.19. The Morgan fingerprint density at radius 2 is 2.10 bits per heavy atom. The van der Waals surface area contributed by atoms with Crippen LogP contribution in [0.2, 0.25) is 0 Å². The van der Waals surface area contributed by atoms with Crippen molar-refractivity contribution in [2.75, 3.05) is 11.6 Å². The number of anilines is 1. The van der Waals surface area contributed by atoms with E-state index in [1.54, 1.807) is 0 Å². The van der Waals surface area contributed by atoms with Crippen LogP contribution in [0.15, 0.2) is 23.1 Å². The number of hydrogen-bond acceptors (Lipinski definition) is 5. The SMILES string of the molecule is CS(=O)(=O)c1ccc(O)c(NC(=O)C2CCC(N)C2)c1. The van der Waals surface area contributed by atoms with Gasteiger partial charge >= 0.3 is 0 Å². The molecule has 0 heterocycles. The van der Waals surface area contributed by atoms with Gasteiger partial charge in [-0.05, 0) is 37.5 Å². The van der Waals surface area contributed by atoms with E-state index in [4.69, 9.17) is 5.73 Å². The summed E-state index contributed by atoms with van der Waals surface area (Å²) < 4.78 is 22.9. The van der Waals surface area contributed by atoms with E-state index >= 15 is 0 Å². The van der Waals surface area contributed by atoms with Gasteiger partial charge in [0, 0.05) is 18.2 Å². The molecule has 0 spiro atoms. The second-order valence-corrected chi connectivity index (χ2v) is 7.23. The fraction of sp³-hybridized carbons (Fsp3) is 0.462. The molecule has 2 rings (SSSR count). The lowest BCUT2D eigenvalue weighted by Gasteiger charge is -2.12. The fourth-order valence-electron chi connectivity index (χ4n) is 2.34. The van der Waals surface area contributed by atoms with E-state index in [0.29, 0.717) is 12.8 Å². The summed E-state index contributed by atoms with van der Waals surface area (Å²) in [6, 6.07) is 3.84. The molecule has 2 unspecified atom stereocenters. The average Bonchev–Trinajstić information content (AvgIpc) is 2.77. The number of aromatic hydroxyl groups is 1. The third kappa shape index (κ3) is 3.29. The number of amides is 1. The van der Waals surface area contributed by atoms with E-state index in [0.717, 1.165) is 12.7 Å². The quantitative estimate of drug-likeness (QED) is 0.717. The van der Waals surface area contributed by atoms with Gasteiger partial charge in [0.25, 0.3) is 0 Å². The molecule has 1 fully saturated rings. The molecular formula is C13H18N2O4S. The van der Waals surface area contributed by atoms with Gasteiger partial charge in [-0.25, -0.2) is 8.42 Å². The van der Waals surface area contributed by atoms with Crippen molar-refractivity contribution in [1.82, 2.24) is 0 Å². The summed E-state index contributed by atoms with van der Waals surface area (Å²) in [5.41, 5.74) is 5.87. The molecular weight excluding hydrogens is 280 g/mol. The van der Waals surface area contributed by atoms with Gasteiger partial charge in [0.1, 0.15) is 5.75 Å². The van der Waals surface area contributed by atoms with Crippen molar-refractivity contribution < 1.29 is 18.3 Å². The van der Waals surface area contributed by atoms with Gasteiger partial charge in [-0.2, -0.15) is 0 Å². The van der Waals surface area contributed by atoms with Crippen molar-refractivity contribution in [1.29, 1.82) is 0 Å². The maximum absolute atomic E-state index is 12.0. The van der Waals surface area contributed by atoms with Gasteiger partial charge < -0.3 is 16.2 Å². The summed E-state index contributed by atoms with van der Waals surface area (Å²) in [6.45, 7) is 0. The van der Waals surface area contributed by atoms with Crippen LogP contribution in [0.3, 0.4) is 0 Å². The van der Waals surface area contributed by atoms with Crippen LogP contribution in [-0.2, 0) is 14.6 Å². The van der Waals surface area contributed by atoms with Crippen LogP contribution in [0.4, 0.5) is 5.69 Å². The second kappa shape index (κ2) is 5.41. The Morgan fingerprint density at radius 3 is 2.65 bits per heavy atom. The standard InChI is InChI=1S/C13H18N2O4S/c1-20(18,19)10-4-5-12(16)11(7-10)15-13(17)8-2-3-9(14)6-8/h4-5,7-9,16H,2-3,6,14H2,1H3,(H,15,17). The third-order valence-electron chi connectivity index (χ3n) is 3.50. The van der Waals surface area contributed by atoms with E-state index < -0.39 is 9.84 Å². The highest BCUT2D eigenvalue weighted by Crippen LogP contribution is 2.29. The Kier molecular flexibility index (Phi) is 4.01. The van der Waals surface area contributed by atoms with Gasteiger partial charge in [0.05, 0.1) is 10.6 Å². The van der Waals surface area contributed by atoms with Gasteiger partial charge in [-0.3, -0.25) is 4.79 Å². The van der Waals surface area contributed by atoms with Gasteiger partial charge in [0.15, 0.2) is 9.84 Å². The lowest BCUT2D eigenvalue weighted by atomic mass is 10.1. The van der Waals surface area contributed by atoms with E-state index in [1.807, 2.05) is 0 Å². The lowest BCUT2D eigenvalue weighted by molar-refractivity contribution is -0.119. The normalized spacial score (nSPS) is 22.7. The van der Waals surface area contributed by atoms with E-state index in [-0.39, 0.29) is 34.2 Å². The van der Waals surface area contributed by atoms with Gasteiger partial charge in [-0.15, -0.1) is 0 Å². The molecule has 2 atom stereocenters. The molecule has 1 aromatic rings. The van der Waals surface area contributed by atoms with Crippen molar-refractivity contribution >= 4 is 21.4 Å². The molecule has 0 radical (unpaired) electrons. The Hall–Kier alpha value is -1.60. The average molecular weight is 298 g/mol. The van der Waals surface area contributed by atoms with Crippen molar-refractivity contribution in [3.8, 4) is 5.75 Å². The first kappa shape index (κ1) is 14.8. The number of carbonyl (C=O) groups excluding carboxylic acids is 1. The smallest absolute Gasteiger partial charge is 0.227 e. The molecule has 1 aromatic carbocycles. The number of hydrogen-bond donors (Lipinski definition) is 3. The highest BCUT2D eigenvalue weighted by Gasteiger charge is 2.28. The predicted molar refractivity (Wildman–Crippen MR) is 75.2 cm³/mol. The molecule has 20 heavy (non-hydrogen) atoms. The molecule has 7 heteroatoms. The number of benzene rings is 1. The molecule has 0 aliphatic heterocycles. The van der Waals surface area contributed by atoms with Crippen LogP contribution in [0, 0.1) is 5.92 Å². The van der Waals surface area contributed by atoms with Crippen molar-refractivity contribution in [3.05, 3.63) is 18.2 Å². The zero-order valence-corrected chi connectivity index (χ0v) is 12.0. The van der Waals surface area contributed by atoms with Crippen LogP contribution in [0.25, 0.3) is 0 Å². The third-order valence-corrected chi connectivity index (χ3v) is 4.61. The summed E-state index contributed by atoms with van der Waals surface area (Å²) in [7, 11) is -3.39. The first-order chi connectivity index (χ1) is 9.27.